The molecule has 0 atom stereocenters. The van der Waals surface area contributed by atoms with Crippen LogP contribution in [0, 0.1) is 0 Å². The third-order valence-electron chi connectivity index (χ3n) is 2.96. The van der Waals surface area contributed by atoms with Crippen LogP contribution in [0.5, 0.6) is 11.5 Å². The molecule has 1 aromatic carbocycles. The Morgan fingerprint density at radius 1 is 1.22 bits per heavy atom. The number of carbonyl (C=O) groups excluding carboxylic acids is 1. The number of carbonyl (C=O) groups is 1. The molecule has 1 amide bonds. The lowest BCUT2D eigenvalue weighted by Gasteiger charge is -2.09. The van der Waals surface area contributed by atoms with Gasteiger partial charge in [-0.05, 0) is 24.6 Å². The zero-order chi connectivity index (χ0) is 16.7. The molecule has 0 saturated carbocycles. The molecular formula is C15H19N3O4S. The van der Waals surface area contributed by atoms with Crippen molar-refractivity contribution in [3.63, 3.8) is 0 Å². The third-order valence-corrected chi connectivity index (χ3v) is 3.77. The Morgan fingerprint density at radius 3 is 2.70 bits per heavy atom. The van der Waals surface area contributed by atoms with E-state index in [1.165, 1.54) is 11.3 Å². The van der Waals surface area contributed by atoms with Crippen LogP contribution in [0.2, 0.25) is 0 Å². The van der Waals surface area contributed by atoms with Gasteiger partial charge in [-0.1, -0.05) is 17.4 Å². The van der Waals surface area contributed by atoms with Gasteiger partial charge in [-0.2, -0.15) is 0 Å². The fourth-order valence-electron chi connectivity index (χ4n) is 1.89. The van der Waals surface area contributed by atoms with E-state index in [1.807, 2.05) is 13.0 Å². The van der Waals surface area contributed by atoms with E-state index in [-0.39, 0.29) is 12.3 Å². The number of benzene rings is 1. The first-order valence-corrected chi connectivity index (χ1v) is 7.88. The van der Waals surface area contributed by atoms with Crippen molar-refractivity contribution < 1.29 is 19.0 Å². The molecule has 2 aromatic rings. The van der Waals surface area contributed by atoms with Crippen LogP contribution in [0.15, 0.2) is 18.2 Å². The molecule has 0 aliphatic heterocycles. The number of hydrogen-bond acceptors (Lipinski definition) is 7. The topological polar surface area (TPSA) is 82.6 Å². The van der Waals surface area contributed by atoms with Gasteiger partial charge in [0.1, 0.15) is 11.6 Å². The number of nitrogens with one attached hydrogen (secondary N) is 1. The smallest absolute Gasteiger partial charge is 0.230 e. The van der Waals surface area contributed by atoms with Gasteiger partial charge in [-0.3, -0.25) is 4.79 Å². The number of rotatable bonds is 8. The van der Waals surface area contributed by atoms with Crippen molar-refractivity contribution in [3.8, 4) is 11.5 Å². The van der Waals surface area contributed by atoms with Crippen LogP contribution in [0.3, 0.4) is 0 Å². The van der Waals surface area contributed by atoms with Gasteiger partial charge in [-0.15, -0.1) is 10.2 Å². The van der Waals surface area contributed by atoms with Gasteiger partial charge in [0, 0.05) is 6.61 Å². The number of anilines is 1. The molecule has 2 rings (SSSR count). The fourth-order valence-corrected chi connectivity index (χ4v) is 2.58. The van der Waals surface area contributed by atoms with Gasteiger partial charge < -0.3 is 19.5 Å². The fraction of sp³-hybridized carbons (Fsp3) is 0.400. The molecule has 124 valence electrons. The van der Waals surface area contributed by atoms with E-state index in [0.717, 1.165) is 10.6 Å². The predicted octanol–water partition coefficient (Wildman–Crippen LogP) is 2.27. The summed E-state index contributed by atoms with van der Waals surface area (Å²) >= 11 is 1.30. The number of amides is 1. The molecule has 0 aliphatic carbocycles. The summed E-state index contributed by atoms with van der Waals surface area (Å²) in [7, 11) is 3.13. The molecule has 7 nitrogen and oxygen atoms in total. The second-order valence-corrected chi connectivity index (χ2v) is 5.61. The maximum absolute atomic E-state index is 12.1. The summed E-state index contributed by atoms with van der Waals surface area (Å²) in [5.41, 5.74) is 0.819. The van der Waals surface area contributed by atoms with Crippen LogP contribution < -0.4 is 14.8 Å². The zero-order valence-electron chi connectivity index (χ0n) is 13.3. The summed E-state index contributed by atoms with van der Waals surface area (Å²) in [4.78, 5) is 12.1. The summed E-state index contributed by atoms with van der Waals surface area (Å²) in [5.74, 6) is 1.05. The Hall–Kier alpha value is -2.19. The van der Waals surface area contributed by atoms with Crippen LogP contribution in [-0.4, -0.2) is 36.9 Å². The number of nitrogens with zero attached hydrogens (tertiary/aromatic N) is 2. The van der Waals surface area contributed by atoms with Crippen molar-refractivity contribution in [2.75, 3.05) is 26.1 Å². The molecule has 23 heavy (non-hydrogen) atoms. The molecular weight excluding hydrogens is 318 g/mol. The molecule has 0 aliphatic rings. The number of ether oxygens (including phenoxy) is 3. The normalized spacial score (nSPS) is 10.4. The molecule has 1 aromatic heterocycles. The maximum Gasteiger partial charge on any atom is 0.230 e. The van der Waals surface area contributed by atoms with E-state index in [4.69, 9.17) is 14.2 Å². The minimum atomic E-state index is -0.170. The lowest BCUT2D eigenvalue weighted by Crippen LogP contribution is -2.14. The van der Waals surface area contributed by atoms with Crippen LogP contribution in [-0.2, 0) is 22.6 Å². The number of hydrogen-bond donors (Lipinski definition) is 1. The van der Waals surface area contributed by atoms with E-state index >= 15 is 0 Å². The first-order valence-electron chi connectivity index (χ1n) is 7.07. The van der Waals surface area contributed by atoms with Crippen molar-refractivity contribution in [2.45, 2.75) is 20.0 Å². The summed E-state index contributed by atoms with van der Waals surface area (Å²) < 4.78 is 15.6. The summed E-state index contributed by atoms with van der Waals surface area (Å²) in [6.45, 7) is 2.92. The van der Waals surface area contributed by atoms with E-state index in [1.54, 1.807) is 26.4 Å². The highest BCUT2D eigenvalue weighted by atomic mass is 32.1. The van der Waals surface area contributed by atoms with E-state index in [0.29, 0.717) is 29.8 Å². The lowest BCUT2D eigenvalue weighted by molar-refractivity contribution is -0.115. The Kier molecular flexibility index (Phi) is 6.30. The van der Waals surface area contributed by atoms with Crippen LogP contribution in [0.25, 0.3) is 0 Å². The highest BCUT2D eigenvalue weighted by Crippen LogP contribution is 2.27. The van der Waals surface area contributed by atoms with Gasteiger partial charge in [-0.25, -0.2) is 0 Å². The monoisotopic (exact) mass is 337 g/mol. The quantitative estimate of drug-likeness (QED) is 0.796. The Morgan fingerprint density at radius 2 is 2.00 bits per heavy atom. The Labute approximate surface area is 138 Å². The minimum Gasteiger partial charge on any atom is -0.493 e. The summed E-state index contributed by atoms with van der Waals surface area (Å²) in [6, 6.07) is 5.37. The molecule has 0 bridgehead atoms. The van der Waals surface area contributed by atoms with E-state index in [2.05, 4.69) is 15.5 Å². The van der Waals surface area contributed by atoms with Crippen molar-refractivity contribution in [3.05, 3.63) is 28.8 Å². The largest absolute Gasteiger partial charge is 0.493 e. The maximum atomic E-state index is 12.1. The highest BCUT2D eigenvalue weighted by molar-refractivity contribution is 7.15. The zero-order valence-corrected chi connectivity index (χ0v) is 14.1. The summed E-state index contributed by atoms with van der Waals surface area (Å²) in [6.07, 6.45) is 0.209. The Bertz CT molecular complexity index is 660. The van der Waals surface area contributed by atoms with Crippen molar-refractivity contribution in [2.24, 2.45) is 0 Å². The van der Waals surface area contributed by atoms with Gasteiger partial charge in [0.15, 0.2) is 11.5 Å². The first-order chi connectivity index (χ1) is 11.2. The molecule has 1 N–H and O–H groups in total. The van der Waals surface area contributed by atoms with E-state index < -0.39 is 0 Å². The lowest BCUT2D eigenvalue weighted by atomic mass is 10.1. The molecule has 0 spiro atoms. The molecule has 0 saturated heterocycles. The van der Waals surface area contributed by atoms with Gasteiger partial charge >= 0.3 is 0 Å². The molecule has 0 fully saturated rings. The third kappa shape index (κ3) is 4.90. The highest BCUT2D eigenvalue weighted by Gasteiger charge is 2.11. The van der Waals surface area contributed by atoms with Crippen molar-refractivity contribution in [1.82, 2.24) is 10.2 Å². The van der Waals surface area contributed by atoms with Crippen LogP contribution in [0.1, 0.15) is 17.5 Å². The predicted molar refractivity (Wildman–Crippen MR) is 87.1 cm³/mol. The molecule has 0 radical (unpaired) electrons. The van der Waals surface area contributed by atoms with Gasteiger partial charge in [0.05, 0.1) is 20.6 Å². The standard InChI is InChI=1S/C15H19N3O4S/c1-4-22-9-14-17-18-15(23-14)16-13(19)8-10-5-6-11(20-2)12(7-10)21-3/h5-7H,4,8-9H2,1-3H3,(H,16,18,19). The van der Waals surface area contributed by atoms with Crippen LogP contribution >= 0.6 is 11.3 Å². The van der Waals surface area contributed by atoms with Gasteiger partial charge in [0.25, 0.3) is 0 Å². The minimum absolute atomic E-state index is 0.170. The number of aromatic nitrogens is 2. The average Bonchev–Trinajstić information content (AvgIpc) is 2.99. The van der Waals surface area contributed by atoms with Crippen molar-refractivity contribution >= 4 is 22.4 Å². The summed E-state index contributed by atoms with van der Waals surface area (Å²) in [5, 5.41) is 11.8. The molecule has 8 heteroatoms. The van der Waals surface area contributed by atoms with Crippen LogP contribution in [0.4, 0.5) is 5.13 Å². The second kappa shape index (κ2) is 8.44. The molecule has 0 unspecified atom stereocenters. The number of methoxy groups -OCH3 is 2. The van der Waals surface area contributed by atoms with Crippen molar-refractivity contribution in [1.29, 1.82) is 0 Å². The van der Waals surface area contributed by atoms with Gasteiger partial charge in [0.2, 0.25) is 11.0 Å². The van der Waals surface area contributed by atoms with E-state index in [9.17, 15) is 4.79 Å². The second-order valence-electron chi connectivity index (χ2n) is 4.55. The Balaban J connectivity index is 1.95. The SMILES string of the molecule is CCOCc1nnc(NC(=O)Cc2ccc(OC)c(OC)c2)s1. The first kappa shape index (κ1) is 17.2. The average molecular weight is 337 g/mol. The molecule has 1 heterocycles.